The van der Waals surface area contributed by atoms with Gasteiger partial charge in [-0.3, -0.25) is 0 Å². The van der Waals surface area contributed by atoms with Gasteiger partial charge in [0.05, 0.1) is 5.56 Å². The van der Waals surface area contributed by atoms with Crippen LogP contribution in [0.4, 0.5) is 23.2 Å². The fraction of sp³-hybridized carbons (Fsp3) is 0.143. The maximum atomic E-state index is 13.1. The second kappa shape index (κ2) is 6.23. The predicted octanol–water partition coefficient (Wildman–Crippen LogP) is 5.87. The summed E-state index contributed by atoms with van der Waals surface area (Å²) in [5, 5.41) is 3.14. The highest BCUT2D eigenvalue weighted by Crippen LogP contribution is 2.36. The molecule has 0 bridgehead atoms. The molecule has 1 nitrogen and oxygen atoms in total. The topological polar surface area (TPSA) is 12.0 Å². The molecule has 0 saturated heterocycles. The Morgan fingerprint density at radius 3 is 2.48 bits per heavy atom. The van der Waals surface area contributed by atoms with Gasteiger partial charge in [-0.1, -0.05) is 27.5 Å². The van der Waals surface area contributed by atoms with Crippen LogP contribution in [0.1, 0.15) is 11.1 Å². The average Bonchev–Trinajstić information content (AvgIpc) is 2.40. The Balaban J connectivity index is 2.19. The van der Waals surface area contributed by atoms with Crippen LogP contribution in [0.25, 0.3) is 0 Å². The molecule has 0 radical (unpaired) electrons. The molecule has 2 aromatic rings. The van der Waals surface area contributed by atoms with Gasteiger partial charge in [0.15, 0.2) is 0 Å². The van der Waals surface area contributed by atoms with Crippen molar-refractivity contribution in [1.29, 1.82) is 0 Å². The van der Waals surface area contributed by atoms with E-state index in [0.717, 1.165) is 6.07 Å². The summed E-state index contributed by atoms with van der Waals surface area (Å²) in [7, 11) is 0. The Labute approximate surface area is 132 Å². The van der Waals surface area contributed by atoms with Crippen molar-refractivity contribution in [1.82, 2.24) is 0 Å². The summed E-state index contributed by atoms with van der Waals surface area (Å²) in [6, 6.07) is 7.63. The van der Waals surface area contributed by atoms with Crippen LogP contribution in [0.5, 0.6) is 0 Å². The smallest absolute Gasteiger partial charge is 0.381 e. The molecule has 2 aromatic carbocycles. The predicted molar refractivity (Wildman–Crippen MR) is 77.9 cm³/mol. The molecule has 0 aromatic heterocycles. The number of alkyl halides is 3. The van der Waals surface area contributed by atoms with Crippen molar-refractivity contribution in [3.63, 3.8) is 0 Å². The van der Waals surface area contributed by atoms with Crippen molar-refractivity contribution in [2.75, 3.05) is 5.32 Å². The van der Waals surface area contributed by atoms with Gasteiger partial charge in [0, 0.05) is 21.7 Å². The lowest BCUT2D eigenvalue weighted by molar-refractivity contribution is -0.138. The van der Waals surface area contributed by atoms with E-state index in [1.54, 1.807) is 0 Å². The van der Waals surface area contributed by atoms with Crippen LogP contribution < -0.4 is 5.32 Å². The quantitative estimate of drug-likeness (QED) is 0.654. The molecule has 0 aliphatic rings. The van der Waals surface area contributed by atoms with Gasteiger partial charge < -0.3 is 5.32 Å². The number of anilines is 1. The maximum Gasteiger partial charge on any atom is 0.417 e. The van der Waals surface area contributed by atoms with E-state index in [0.29, 0.717) is 10.6 Å². The van der Waals surface area contributed by atoms with Gasteiger partial charge in [-0.25, -0.2) is 4.39 Å². The molecule has 0 saturated carbocycles. The molecular weight excluding hydrogens is 374 g/mol. The molecule has 7 heteroatoms. The van der Waals surface area contributed by atoms with Crippen molar-refractivity contribution in [2.24, 2.45) is 0 Å². The van der Waals surface area contributed by atoms with Crippen molar-refractivity contribution >= 4 is 33.2 Å². The monoisotopic (exact) mass is 381 g/mol. The average molecular weight is 383 g/mol. The largest absolute Gasteiger partial charge is 0.417 e. The van der Waals surface area contributed by atoms with E-state index < -0.39 is 17.6 Å². The fourth-order valence-electron chi connectivity index (χ4n) is 1.73. The van der Waals surface area contributed by atoms with E-state index in [1.165, 1.54) is 30.3 Å². The van der Waals surface area contributed by atoms with Crippen LogP contribution in [0.15, 0.2) is 40.9 Å². The van der Waals surface area contributed by atoms with E-state index in [2.05, 4.69) is 21.2 Å². The Bertz CT molecular complexity index is 658. The first kappa shape index (κ1) is 16.1. The minimum Gasteiger partial charge on any atom is -0.381 e. The van der Waals surface area contributed by atoms with Gasteiger partial charge in [0.25, 0.3) is 0 Å². The van der Waals surface area contributed by atoms with E-state index in [9.17, 15) is 17.6 Å². The van der Waals surface area contributed by atoms with Gasteiger partial charge in [0.1, 0.15) is 5.82 Å². The van der Waals surface area contributed by atoms with Crippen molar-refractivity contribution in [3.05, 3.63) is 62.8 Å². The van der Waals surface area contributed by atoms with Crippen molar-refractivity contribution in [2.45, 2.75) is 12.7 Å². The standard InChI is InChI=1S/C14H9BrClF4N/c15-12-3-2-10(6-11(12)14(18,19)20)21-7-8-5-9(17)1-4-13(8)16/h1-6,21H,7H2. The molecule has 112 valence electrons. The third-order valence-electron chi connectivity index (χ3n) is 2.76. The zero-order chi connectivity index (χ0) is 15.6. The van der Waals surface area contributed by atoms with E-state index in [1.807, 2.05) is 0 Å². The summed E-state index contributed by atoms with van der Waals surface area (Å²) in [6.07, 6.45) is -4.45. The van der Waals surface area contributed by atoms with E-state index in [4.69, 9.17) is 11.6 Å². The first-order chi connectivity index (χ1) is 9.77. The van der Waals surface area contributed by atoms with Crippen LogP contribution in [-0.4, -0.2) is 0 Å². The van der Waals surface area contributed by atoms with Crippen LogP contribution in [0.3, 0.4) is 0 Å². The number of halogens is 6. The number of hydrogen-bond donors (Lipinski definition) is 1. The molecule has 0 heterocycles. The number of benzene rings is 2. The molecule has 21 heavy (non-hydrogen) atoms. The van der Waals surface area contributed by atoms with Crippen molar-refractivity contribution in [3.8, 4) is 0 Å². The van der Waals surface area contributed by atoms with Crippen LogP contribution in [-0.2, 0) is 12.7 Å². The first-order valence-corrected chi connectivity index (χ1v) is 6.99. The van der Waals surface area contributed by atoms with Crippen LogP contribution >= 0.6 is 27.5 Å². The van der Waals surface area contributed by atoms with E-state index >= 15 is 0 Å². The van der Waals surface area contributed by atoms with Gasteiger partial charge in [-0.2, -0.15) is 13.2 Å². The third-order valence-corrected chi connectivity index (χ3v) is 3.82. The molecule has 0 amide bonds. The Hall–Kier alpha value is -1.27. The highest BCUT2D eigenvalue weighted by Gasteiger charge is 2.33. The molecule has 0 fully saturated rings. The Morgan fingerprint density at radius 2 is 1.81 bits per heavy atom. The summed E-state index contributed by atoms with van der Waals surface area (Å²) in [5.74, 6) is -0.456. The number of rotatable bonds is 3. The van der Waals surface area contributed by atoms with Crippen molar-refractivity contribution < 1.29 is 17.6 Å². The lowest BCUT2D eigenvalue weighted by Crippen LogP contribution is -2.08. The molecule has 1 N–H and O–H groups in total. The third kappa shape index (κ3) is 4.11. The zero-order valence-corrected chi connectivity index (χ0v) is 12.8. The minimum atomic E-state index is -4.45. The lowest BCUT2D eigenvalue weighted by atomic mass is 10.1. The van der Waals surface area contributed by atoms with Gasteiger partial charge in [0.2, 0.25) is 0 Å². The summed E-state index contributed by atoms with van der Waals surface area (Å²) in [5.41, 5.74) is -0.0446. The van der Waals surface area contributed by atoms with Crippen LogP contribution in [0, 0.1) is 5.82 Å². The van der Waals surface area contributed by atoms with Gasteiger partial charge in [-0.05, 0) is 42.0 Å². The normalized spacial score (nSPS) is 11.5. The zero-order valence-electron chi connectivity index (χ0n) is 10.4. The number of nitrogens with one attached hydrogen (secondary N) is 1. The SMILES string of the molecule is Fc1ccc(Cl)c(CNc2ccc(Br)c(C(F)(F)F)c2)c1. The van der Waals surface area contributed by atoms with Gasteiger partial charge in [-0.15, -0.1) is 0 Å². The second-order valence-electron chi connectivity index (χ2n) is 4.28. The van der Waals surface area contributed by atoms with Gasteiger partial charge >= 0.3 is 6.18 Å². The Morgan fingerprint density at radius 1 is 1.10 bits per heavy atom. The number of hydrogen-bond acceptors (Lipinski definition) is 1. The highest BCUT2D eigenvalue weighted by molar-refractivity contribution is 9.10. The summed E-state index contributed by atoms with van der Waals surface area (Å²) >= 11 is 8.76. The first-order valence-electron chi connectivity index (χ1n) is 5.82. The molecule has 2 rings (SSSR count). The summed E-state index contributed by atoms with van der Waals surface area (Å²) < 4.78 is 51.4. The van der Waals surface area contributed by atoms with Crippen LogP contribution in [0.2, 0.25) is 5.02 Å². The molecule has 0 aliphatic carbocycles. The lowest BCUT2D eigenvalue weighted by Gasteiger charge is -2.13. The summed E-state index contributed by atoms with van der Waals surface area (Å²) in [6.45, 7) is 0.121. The van der Waals surface area contributed by atoms with E-state index in [-0.39, 0.29) is 16.7 Å². The molecule has 0 atom stereocenters. The molecule has 0 aliphatic heterocycles. The summed E-state index contributed by atoms with van der Waals surface area (Å²) in [4.78, 5) is 0. The second-order valence-corrected chi connectivity index (χ2v) is 5.54. The maximum absolute atomic E-state index is 13.1. The fourth-order valence-corrected chi connectivity index (χ4v) is 2.38. The molecule has 0 unspecified atom stereocenters. The Kier molecular flexibility index (Phi) is 4.78. The molecular formula is C14H9BrClF4N. The molecule has 0 spiro atoms. The minimum absolute atomic E-state index is 0.0377. The highest BCUT2D eigenvalue weighted by atomic mass is 79.9.